The number of carbonyl (C=O) groups is 3. The second kappa shape index (κ2) is 8.07. The molecule has 0 saturated carbocycles. The van der Waals surface area contributed by atoms with Gasteiger partial charge in [-0.2, -0.15) is 0 Å². The summed E-state index contributed by atoms with van der Waals surface area (Å²) in [6.07, 6.45) is 0.141. The molecule has 25 heavy (non-hydrogen) atoms. The van der Waals surface area contributed by atoms with Crippen molar-refractivity contribution in [2.24, 2.45) is 0 Å². The van der Waals surface area contributed by atoms with E-state index in [2.05, 4.69) is 31.6 Å². The van der Waals surface area contributed by atoms with Gasteiger partial charge in [0.2, 0.25) is 5.91 Å². The predicted molar refractivity (Wildman–Crippen MR) is 98.6 cm³/mol. The fraction of sp³-hybridized carbons (Fsp3) is 0.316. The minimum absolute atomic E-state index is 0.0122. The van der Waals surface area contributed by atoms with Crippen LogP contribution in [-0.4, -0.2) is 17.6 Å². The molecule has 5 nitrogen and oxygen atoms in total. The maximum atomic E-state index is 12.0. The van der Waals surface area contributed by atoms with E-state index in [4.69, 9.17) is 0 Å². The zero-order valence-electron chi connectivity index (χ0n) is 14.6. The van der Waals surface area contributed by atoms with Crippen LogP contribution in [-0.2, 0) is 10.2 Å². The van der Waals surface area contributed by atoms with Crippen LogP contribution in [0.25, 0.3) is 0 Å². The van der Waals surface area contributed by atoms with Gasteiger partial charge in [-0.1, -0.05) is 39.0 Å². The Hall–Kier alpha value is -2.47. The molecule has 1 aromatic heterocycles. The van der Waals surface area contributed by atoms with E-state index in [1.807, 2.05) is 17.5 Å². The normalized spacial score (nSPS) is 11.0. The number of amides is 2. The minimum atomic E-state index is -0.399. The summed E-state index contributed by atoms with van der Waals surface area (Å²) in [6.45, 7) is 6.29. The van der Waals surface area contributed by atoms with Gasteiger partial charge in [-0.15, -0.1) is 11.3 Å². The summed E-state index contributed by atoms with van der Waals surface area (Å²) in [6, 6.07) is 10.8. The van der Waals surface area contributed by atoms with E-state index in [0.717, 1.165) is 5.56 Å². The highest BCUT2D eigenvalue weighted by Crippen LogP contribution is 2.22. The number of hydrogen-bond acceptors (Lipinski definition) is 4. The number of hydrogen-bond donors (Lipinski definition) is 2. The molecule has 132 valence electrons. The molecule has 0 atom stereocenters. The molecule has 0 radical (unpaired) electrons. The van der Waals surface area contributed by atoms with Gasteiger partial charge in [0, 0.05) is 18.4 Å². The molecule has 0 saturated heterocycles. The molecule has 2 amide bonds. The van der Waals surface area contributed by atoms with Crippen molar-refractivity contribution in [2.75, 3.05) is 0 Å². The Morgan fingerprint density at radius 3 is 2.20 bits per heavy atom. The first-order chi connectivity index (χ1) is 11.8. The van der Waals surface area contributed by atoms with E-state index in [1.54, 1.807) is 24.3 Å². The SMILES string of the molecule is CC(C)(C)c1ccc(C(=O)NNC(=O)CCC(=O)c2cccs2)cc1. The number of hydrazine groups is 1. The topological polar surface area (TPSA) is 75.3 Å². The summed E-state index contributed by atoms with van der Waals surface area (Å²) < 4.78 is 0. The van der Waals surface area contributed by atoms with E-state index in [1.165, 1.54) is 11.3 Å². The molecule has 0 spiro atoms. The monoisotopic (exact) mass is 358 g/mol. The van der Waals surface area contributed by atoms with Crippen molar-refractivity contribution in [1.29, 1.82) is 0 Å². The van der Waals surface area contributed by atoms with Gasteiger partial charge in [0.15, 0.2) is 5.78 Å². The Labute approximate surface area is 151 Å². The molecule has 1 aromatic carbocycles. The van der Waals surface area contributed by atoms with Crippen molar-refractivity contribution in [3.05, 3.63) is 57.8 Å². The zero-order chi connectivity index (χ0) is 18.4. The van der Waals surface area contributed by atoms with E-state index in [9.17, 15) is 14.4 Å². The van der Waals surface area contributed by atoms with Gasteiger partial charge in [-0.05, 0) is 34.6 Å². The molecule has 6 heteroatoms. The minimum Gasteiger partial charge on any atom is -0.293 e. The number of benzene rings is 1. The second-order valence-electron chi connectivity index (χ2n) is 6.73. The predicted octanol–water partition coefficient (Wildman–Crippen LogP) is 3.47. The maximum absolute atomic E-state index is 12.0. The van der Waals surface area contributed by atoms with E-state index in [0.29, 0.717) is 10.4 Å². The lowest BCUT2D eigenvalue weighted by atomic mass is 9.87. The third-order valence-electron chi connectivity index (χ3n) is 3.70. The molecule has 0 unspecified atom stereocenters. The Morgan fingerprint density at radius 1 is 0.960 bits per heavy atom. The molecule has 2 aromatic rings. The molecule has 0 aliphatic carbocycles. The summed E-state index contributed by atoms with van der Waals surface area (Å²) in [5.74, 6) is -0.864. The van der Waals surface area contributed by atoms with Gasteiger partial charge in [0.05, 0.1) is 4.88 Å². The maximum Gasteiger partial charge on any atom is 0.269 e. The van der Waals surface area contributed by atoms with Crippen LogP contribution in [0.5, 0.6) is 0 Å². The van der Waals surface area contributed by atoms with Crippen molar-refractivity contribution in [2.45, 2.75) is 39.0 Å². The van der Waals surface area contributed by atoms with Crippen LogP contribution in [0.4, 0.5) is 0 Å². The highest BCUT2D eigenvalue weighted by Gasteiger charge is 2.15. The third kappa shape index (κ3) is 5.53. The lowest BCUT2D eigenvalue weighted by Gasteiger charge is -2.19. The van der Waals surface area contributed by atoms with Crippen LogP contribution in [0.3, 0.4) is 0 Å². The average molecular weight is 358 g/mol. The van der Waals surface area contributed by atoms with Crippen molar-refractivity contribution in [3.63, 3.8) is 0 Å². The molecule has 0 bridgehead atoms. The molecule has 1 heterocycles. The number of carbonyl (C=O) groups excluding carboxylic acids is 3. The molecule has 0 aliphatic rings. The summed E-state index contributed by atoms with van der Waals surface area (Å²) >= 11 is 1.35. The first-order valence-corrected chi connectivity index (χ1v) is 8.92. The quantitative estimate of drug-likeness (QED) is 0.635. The molecule has 0 aliphatic heterocycles. The van der Waals surface area contributed by atoms with Crippen molar-refractivity contribution in [3.8, 4) is 0 Å². The van der Waals surface area contributed by atoms with E-state index in [-0.39, 0.29) is 24.0 Å². The van der Waals surface area contributed by atoms with Crippen LogP contribution >= 0.6 is 11.3 Å². The van der Waals surface area contributed by atoms with Gasteiger partial charge in [-0.25, -0.2) is 0 Å². The van der Waals surface area contributed by atoms with Crippen molar-refractivity contribution in [1.82, 2.24) is 10.9 Å². The lowest BCUT2D eigenvalue weighted by molar-refractivity contribution is -0.121. The number of thiophene rings is 1. The smallest absolute Gasteiger partial charge is 0.269 e. The summed E-state index contributed by atoms with van der Waals surface area (Å²) in [7, 11) is 0. The van der Waals surface area contributed by atoms with Crippen LogP contribution in [0.2, 0.25) is 0 Å². The van der Waals surface area contributed by atoms with Crippen LogP contribution in [0, 0.1) is 0 Å². The Morgan fingerprint density at radius 2 is 1.64 bits per heavy atom. The third-order valence-corrected chi connectivity index (χ3v) is 4.61. The fourth-order valence-corrected chi connectivity index (χ4v) is 2.86. The standard InChI is InChI=1S/C19H22N2O3S/c1-19(2,3)14-8-6-13(7-9-14)18(24)21-20-17(23)11-10-15(22)16-5-4-12-25-16/h4-9,12H,10-11H2,1-3H3,(H,20,23)(H,21,24). The Kier molecular flexibility index (Phi) is 6.09. The van der Waals surface area contributed by atoms with Crippen LogP contribution < -0.4 is 10.9 Å². The fourth-order valence-electron chi connectivity index (χ4n) is 2.17. The second-order valence-corrected chi connectivity index (χ2v) is 7.68. The highest BCUT2D eigenvalue weighted by atomic mass is 32.1. The first-order valence-electron chi connectivity index (χ1n) is 8.04. The van der Waals surface area contributed by atoms with E-state index < -0.39 is 11.8 Å². The van der Waals surface area contributed by atoms with Gasteiger partial charge >= 0.3 is 0 Å². The van der Waals surface area contributed by atoms with Crippen molar-refractivity contribution >= 4 is 28.9 Å². The Bertz CT molecular complexity index is 744. The summed E-state index contributed by atoms with van der Waals surface area (Å²) in [5, 5.41) is 1.82. The Balaban J connectivity index is 1.79. The van der Waals surface area contributed by atoms with Gasteiger partial charge in [0.25, 0.3) is 5.91 Å². The van der Waals surface area contributed by atoms with Gasteiger partial charge < -0.3 is 0 Å². The number of Topliss-reactive ketones (excluding diaryl/α,β-unsaturated/α-hetero) is 1. The van der Waals surface area contributed by atoms with Gasteiger partial charge in [-0.3, -0.25) is 25.2 Å². The summed E-state index contributed by atoms with van der Waals surface area (Å²) in [5.41, 5.74) is 6.31. The van der Waals surface area contributed by atoms with Crippen LogP contribution in [0.1, 0.15) is 59.2 Å². The van der Waals surface area contributed by atoms with E-state index >= 15 is 0 Å². The average Bonchev–Trinajstić information content (AvgIpc) is 3.11. The lowest BCUT2D eigenvalue weighted by Crippen LogP contribution is -2.41. The largest absolute Gasteiger partial charge is 0.293 e. The zero-order valence-corrected chi connectivity index (χ0v) is 15.4. The number of nitrogens with one attached hydrogen (secondary N) is 2. The number of ketones is 1. The number of rotatable bonds is 5. The summed E-state index contributed by atoms with van der Waals surface area (Å²) in [4.78, 5) is 36.3. The highest BCUT2D eigenvalue weighted by molar-refractivity contribution is 7.12. The van der Waals surface area contributed by atoms with Crippen LogP contribution in [0.15, 0.2) is 41.8 Å². The molecule has 0 fully saturated rings. The molecule has 2 rings (SSSR count). The molecular formula is C19H22N2O3S. The first kappa shape index (κ1) is 18.9. The molecular weight excluding hydrogens is 336 g/mol. The van der Waals surface area contributed by atoms with Crippen molar-refractivity contribution < 1.29 is 14.4 Å². The van der Waals surface area contributed by atoms with Gasteiger partial charge in [0.1, 0.15) is 0 Å². The molecule has 2 N–H and O–H groups in total.